The quantitative estimate of drug-likeness (QED) is 0.271. The van der Waals surface area contributed by atoms with Crippen molar-refractivity contribution in [2.75, 3.05) is 31.3 Å². The lowest BCUT2D eigenvalue weighted by atomic mass is 9.82. The molecule has 3 aromatic heterocycles. The first-order valence-corrected chi connectivity index (χ1v) is 16.3. The van der Waals surface area contributed by atoms with Gasteiger partial charge in [-0.1, -0.05) is 11.8 Å². The van der Waals surface area contributed by atoms with E-state index in [2.05, 4.69) is 37.2 Å². The molecule has 0 bridgehead atoms. The first-order chi connectivity index (χ1) is 21.6. The molecule has 6 rings (SSSR count). The highest BCUT2D eigenvalue weighted by Crippen LogP contribution is 2.33. The normalized spacial score (nSPS) is 20.6. The van der Waals surface area contributed by atoms with Gasteiger partial charge in [-0.3, -0.25) is 15.0 Å². The number of hydrogen-bond acceptors (Lipinski definition) is 9. The van der Waals surface area contributed by atoms with E-state index >= 15 is 0 Å². The third-order valence-corrected chi connectivity index (χ3v) is 10.1. The van der Waals surface area contributed by atoms with Crippen LogP contribution in [0.15, 0.2) is 54.9 Å². The second kappa shape index (κ2) is 12.8. The zero-order valence-electron chi connectivity index (χ0n) is 24.3. The molecule has 0 amide bonds. The third kappa shape index (κ3) is 7.45. The lowest BCUT2D eigenvalue weighted by molar-refractivity contribution is -0.140. The Bertz CT molecular complexity index is 1720. The average molecular weight is 645 g/mol. The summed E-state index contributed by atoms with van der Waals surface area (Å²) in [6.07, 6.45) is 9.32. The Morgan fingerprint density at radius 3 is 2.58 bits per heavy atom. The zero-order chi connectivity index (χ0) is 31.6. The van der Waals surface area contributed by atoms with Crippen LogP contribution in [-0.4, -0.2) is 81.3 Å². The molecule has 45 heavy (non-hydrogen) atoms. The Morgan fingerprint density at radius 1 is 1.04 bits per heavy atom. The van der Waals surface area contributed by atoms with Crippen molar-refractivity contribution in [3.05, 3.63) is 66.0 Å². The van der Waals surface area contributed by atoms with Gasteiger partial charge < -0.3 is 5.32 Å². The van der Waals surface area contributed by atoms with Gasteiger partial charge in [-0.05, 0) is 56.1 Å². The Hall–Kier alpha value is -4.03. The van der Waals surface area contributed by atoms with Crippen LogP contribution in [0.25, 0.3) is 11.4 Å². The third-order valence-electron chi connectivity index (χ3n) is 8.06. The number of rotatable bonds is 9. The molecular formula is C30H32F4N8O2S. The second-order valence-electron chi connectivity index (χ2n) is 11.5. The summed E-state index contributed by atoms with van der Waals surface area (Å²) in [5.74, 6) is 6.70. The van der Waals surface area contributed by atoms with Crippen LogP contribution in [0.3, 0.4) is 0 Å². The van der Waals surface area contributed by atoms with Crippen molar-refractivity contribution in [1.29, 1.82) is 0 Å². The Kier molecular flexibility index (Phi) is 8.78. The Labute approximate surface area is 258 Å². The van der Waals surface area contributed by atoms with Gasteiger partial charge >= 0.3 is 6.18 Å². The molecule has 1 aliphatic heterocycles. The minimum absolute atomic E-state index is 0.0396. The number of aromatic nitrogens is 5. The molecule has 4 heterocycles. The summed E-state index contributed by atoms with van der Waals surface area (Å²) in [7, 11) is -3.59. The van der Waals surface area contributed by atoms with Gasteiger partial charge in [0, 0.05) is 54.6 Å². The van der Waals surface area contributed by atoms with E-state index in [0.29, 0.717) is 48.0 Å². The maximum atomic E-state index is 13.5. The Balaban J connectivity index is 1.18. The van der Waals surface area contributed by atoms with Crippen LogP contribution in [0.4, 0.5) is 23.4 Å². The van der Waals surface area contributed by atoms with Crippen molar-refractivity contribution in [2.45, 2.75) is 61.9 Å². The summed E-state index contributed by atoms with van der Waals surface area (Å²) in [6.45, 7) is -1.23. The van der Waals surface area contributed by atoms with Crippen LogP contribution < -0.4 is 10.3 Å². The van der Waals surface area contributed by atoms with Gasteiger partial charge in [-0.15, -0.1) is 0 Å². The lowest BCUT2D eigenvalue weighted by Gasteiger charge is -2.30. The summed E-state index contributed by atoms with van der Waals surface area (Å²) in [6, 6.07) is 3.77. The van der Waals surface area contributed by atoms with Crippen LogP contribution in [0, 0.1) is 11.8 Å². The van der Waals surface area contributed by atoms with Crippen molar-refractivity contribution in [3.8, 4) is 23.2 Å². The van der Waals surface area contributed by atoms with E-state index in [0.717, 1.165) is 40.3 Å². The molecule has 0 radical (unpaired) electrons. The fraction of sp³-hybridized carbons (Fsp3) is 0.467. The number of hydrogen-bond donors (Lipinski definition) is 1. The number of pyridine rings is 1. The molecule has 15 heteroatoms. The minimum Gasteiger partial charge on any atom is -0.311 e. The molecule has 0 spiro atoms. The molecular weight excluding hydrogens is 612 g/mol. The number of halogens is 4. The van der Waals surface area contributed by atoms with Crippen molar-refractivity contribution in [3.63, 3.8) is 0 Å². The van der Waals surface area contributed by atoms with Crippen molar-refractivity contribution >= 4 is 15.8 Å². The van der Waals surface area contributed by atoms with Crippen LogP contribution in [0.1, 0.15) is 55.6 Å². The first-order valence-electron chi connectivity index (χ1n) is 14.8. The van der Waals surface area contributed by atoms with Gasteiger partial charge in [0.05, 0.1) is 29.8 Å². The molecule has 0 aromatic carbocycles. The monoisotopic (exact) mass is 644 g/mol. The van der Waals surface area contributed by atoms with Gasteiger partial charge in [0.2, 0.25) is 0 Å². The van der Waals surface area contributed by atoms with Gasteiger partial charge in [0.15, 0.2) is 11.6 Å². The maximum absolute atomic E-state index is 13.5. The van der Waals surface area contributed by atoms with Gasteiger partial charge in [0.25, 0.3) is 10.0 Å². The number of nitrogens with one attached hydrogen (secondary N) is 1. The molecule has 0 atom stereocenters. The van der Waals surface area contributed by atoms with E-state index in [-0.39, 0.29) is 24.9 Å². The minimum atomic E-state index is -4.50. The van der Waals surface area contributed by atoms with Gasteiger partial charge in [-0.25, -0.2) is 22.8 Å². The van der Waals surface area contributed by atoms with Crippen molar-refractivity contribution in [2.24, 2.45) is 0 Å². The van der Waals surface area contributed by atoms with E-state index < -0.39 is 28.0 Å². The van der Waals surface area contributed by atoms with Gasteiger partial charge in [0.1, 0.15) is 13.2 Å². The lowest BCUT2D eigenvalue weighted by Crippen LogP contribution is -2.41. The van der Waals surface area contributed by atoms with E-state index in [4.69, 9.17) is 0 Å². The first kappa shape index (κ1) is 31.0. The second-order valence-corrected chi connectivity index (χ2v) is 13.5. The number of anilines is 1. The standard InChI is InChI=1S/C30H32F4N8O2S/c31-10-12-36-26-5-3-23(4-6-26)24-13-21(14-35-15-24)1-2-22-17-40(20-30(32,33)34)41(18-22)28-9-11-37-29(39-28)25-16-38-42(19-25)45(43,44)27-7-8-27/h9,11,13-17,19,23,26-27,36H,3-8,10,12,18,20H2. The summed E-state index contributed by atoms with van der Waals surface area (Å²) in [5, 5.41) is 9.10. The Morgan fingerprint density at radius 2 is 1.84 bits per heavy atom. The van der Waals surface area contributed by atoms with E-state index in [1.165, 1.54) is 35.9 Å². The predicted octanol–water partition coefficient (Wildman–Crippen LogP) is 4.20. The topological polar surface area (TPSA) is 109 Å². The van der Waals surface area contributed by atoms with Gasteiger partial charge in [-0.2, -0.15) is 22.4 Å². The van der Waals surface area contributed by atoms with Crippen LogP contribution in [-0.2, 0) is 10.0 Å². The fourth-order valence-electron chi connectivity index (χ4n) is 5.64. The predicted molar refractivity (Wildman–Crippen MR) is 159 cm³/mol. The maximum Gasteiger partial charge on any atom is 0.407 e. The van der Waals surface area contributed by atoms with E-state index in [1.54, 1.807) is 6.20 Å². The summed E-state index contributed by atoms with van der Waals surface area (Å²) in [4.78, 5) is 13.0. The molecule has 2 aliphatic carbocycles. The largest absolute Gasteiger partial charge is 0.407 e. The SMILES string of the molecule is O=S(=O)(C1CC1)n1cc(-c2nccc(N3CC(C#Cc4cncc(C5CCC(NCCF)CC5)c4)=CN3CC(F)(F)F)n2)cn1. The van der Waals surface area contributed by atoms with Crippen molar-refractivity contribution < 1.29 is 26.0 Å². The number of alkyl halides is 4. The summed E-state index contributed by atoms with van der Waals surface area (Å²) in [5.41, 5.74) is 2.50. The number of hydrazine groups is 1. The molecule has 0 unspecified atom stereocenters. The van der Waals surface area contributed by atoms with Crippen molar-refractivity contribution in [1.82, 2.24) is 34.5 Å². The average Bonchev–Trinajstić information content (AvgIpc) is 3.64. The molecule has 3 aromatic rings. The summed E-state index contributed by atoms with van der Waals surface area (Å²) >= 11 is 0. The molecule has 0 saturated heterocycles. The van der Waals surface area contributed by atoms with Crippen LogP contribution in [0.2, 0.25) is 0 Å². The highest BCUT2D eigenvalue weighted by Gasteiger charge is 2.38. The van der Waals surface area contributed by atoms with E-state index in [1.807, 2.05) is 12.3 Å². The highest BCUT2D eigenvalue weighted by molar-refractivity contribution is 7.90. The fourth-order valence-corrected chi connectivity index (χ4v) is 7.12. The zero-order valence-corrected chi connectivity index (χ0v) is 25.1. The van der Waals surface area contributed by atoms with Crippen LogP contribution >= 0.6 is 0 Å². The molecule has 1 N–H and O–H groups in total. The highest BCUT2D eigenvalue weighted by atomic mass is 32.2. The molecule has 2 saturated carbocycles. The molecule has 3 aliphatic rings. The van der Waals surface area contributed by atoms with E-state index in [9.17, 15) is 26.0 Å². The molecule has 238 valence electrons. The summed E-state index contributed by atoms with van der Waals surface area (Å²) < 4.78 is 79.1. The molecule has 10 nitrogen and oxygen atoms in total. The number of nitrogens with zero attached hydrogens (tertiary/aromatic N) is 7. The molecule has 2 fully saturated rings. The smallest absolute Gasteiger partial charge is 0.311 e. The van der Waals surface area contributed by atoms with Crippen LogP contribution in [0.5, 0.6) is 0 Å².